The molecule has 1 aliphatic rings. The Balaban J connectivity index is 1.79. The zero-order chi connectivity index (χ0) is 13.5. The highest BCUT2D eigenvalue weighted by Crippen LogP contribution is 2.11. The van der Waals surface area contributed by atoms with Crippen LogP contribution in [0.15, 0.2) is 30.3 Å². The molecule has 0 radical (unpaired) electrons. The summed E-state index contributed by atoms with van der Waals surface area (Å²) in [6, 6.07) is 10.6. The van der Waals surface area contributed by atoms with Crippen LogP contribution in [0.3, 0.4) is 0 Å². The van der Waals surface area contributed by atoms with E-state index in [1.54, 1.807) is 0 Å². The van der Waals surface area contributed by atoms with Crippen molar-refractivity contribution in [2.45, 2.75) is 38.6 Å². The van der Waals surface area contributed by atoms with Crippen LogP contribution in [0.1, 0.15) is 44.2 Å². The van der Waals surface area contributed by atoms with E-state index in [1.807, 2.05) is 6.07 Å². The first-order valence-electron chi connectivity index (χ1n) is 7.13. The SMILES string of the molecule is C[C@@H](NNC(=S)N1CCCCCC1)c1ccccc1. The van der Waals surface area contributed by atoms with Crippen LogP contribution >= 0.6 is 12.2 Å². The van der Waals surface area contributed by atoms with Gasteiger partial charge in [0, 0.05) is 19.1 Å². The maximum absolute atomic E-state index is 5.45. The van der Waals surface area contributed by atoms with Gasteiger partial charge in [-0.25, -0.2) is 5.43 Å². The Morgan fingerprint density at radius 2 is 1.74 bits per heavy atom. The highest BCUT2D eigenvalue weighted by molar-refractivity contribution is 7.80. The van der Waals surface area contributed by atoms with Gasteiger partial charge in [-0.05, 0) is 37.5 Å². The van der Waals surface area contributed by atoms with Crippen molar-refractivity contribution in [3.05, 3.63) is 35.9 Å². The predicted molar refractivity (Wildman–Crippen MR) is 83.8 cm³/mol. The highest BCUT2D eigenvalue weighted by atomic mass is 32.1. The number of nitrogens with zero attached hydrogens (tertiary/aromatic N) is 1. The van der Waals surface area contributed by atoms with E-state index in [2.05, 4.69) is 46.9 Å². The smallest absolute Gasteiger partial charge is 0.183 e. The predicted octanol–water partition coefficient (Wildman–Crippen LogP) is 3.00. The summed E-state index contributed by atoms with van der Waals surface area (Å²) in [5, 5.41) is 0.824. The van der Waals surface area contributed by atoms with Crippen molar-refractivity contribution in [1.29, 1.82) is 0 Å². The highest BCUT2D eigenvalue weighted by Gasteiger charge is 2.12. The fraction of sp³-hybridized carbons (Fsp3) is 0.533. The molecule has 1 aromatic carbocycles. The molecule has 1 aliphatic heterocycles. The lowest BCUT2D eigenvalue weighted by atomic mass is 10.1. The maximum Gasteiger partial charge on any atom is 0.183 e. The van der Waals surface area contributed by atoms with Crippen molar-refractivity contribution in [2.24, 2.45) is 0 Å². The van der Waals surface area contributed by atoms with Crippen molar-refractivity contribution in [2.75, 3.05) is 13.1 Å². The lowest BCUT2D eigenvalue weighted by Gasteiger charge is -2.25. The Morgan fingerprint density at radius 1 is 1.11 bits per heavy atom. The Hall–Kier alpha value is -1.13. The molecule has 19 heavy (non-hydrogen) atoms. The third-order valence-corrected chi connectivity index (χ3v) is 3.95. The van der Waals surface area contributed by atoms with Gasteiger partial charge in [-0.1, -0.05) is 43.2 Å². The van der Waals surface area contributed by atoms with Gasteiger partial charge in [-0.2, -0.15) is 0 Å². The molecule has 1 heterocycles. The minimum absolute atomic E-state index is 0.242. The van der Waals surface area contributed by atoms with E-state index in [0.29, 0.717) is 0 Å². The Labute approximate surface area is 121 Å². The van der Waals surface area contributed by atoms with Gasteiger partial charge in [0.25, 0.3) is 0 Å². The lowest BCUT2D eigenvalue weighted by Crippen LogP contribution is -2.47. The summed E-state index contributed by atoms with van der Waals surface area (Å²) in [4.78, 5) is 2.27. The molecule has 0 bridgehead atoms. The molecule has 1 saturated heterocycles. The number of thiocarbonyl (C=S) groups is 1. The summed E-state index contributed by atoms with van der Waals surface area (Å²) in [6.07, 6.45) is 5.14. The molecule has 0 amide bonds. The summed E-state index contributed by atoms with van der Waals surface area (Å²) in [7, 11) is 0. The van der Waals surface area contributed by atoms with Crippen molar-refractivity contribution >= 4 is 17.3 Å². The van der Waals surface area contributed by atoms with Gasteiger partial charge in [0.05, 0.1) is 0 Å². The molecule has 3 nitrogen and oxygen atoms in total. The summed E-state index contributed by atoms with van der Waals surface area (Å²) in [6.45, 7) is 4.29. The minimum atomic E-state index is 0.242. The first kappa shape index (κ1) is 14.3. The van der Waals surface area contributed by atoms with Gasteiger partial charge >= 0.3 is 0 Å². The van der Waals surface area contributed by atoms with E-state index in [1.165, 1.54) is 31.2 Å². The third-order valence-electron chi connectivity index (χ3n) is 3.59. The number of hydrogen-bond acceptors (Lipinski definition) is 2. The summed E-state index contributed by atoms with van der Waals surface area (Å²) in [5.41, 5.74) is 7.73. The number of hydrazine groups is 1. The Bertz CT molecular complexity index is 386. The monoisotopic (exact) mass is 277 g/mol. The van der Waals surface area contributed by atoms with Crippen LogP contribution < -0.4 is 10.9 Å². The second-order valence-corrected chi connectivity index (χ2v) is 5.49. The van der Waals surface area contributed by atoms with Crippen LogP contribution in [0, 0.1) is 0 Å². The van der Waals surface area contributed by atoms with E-state index in [9.17, 15) is 0 Å². The number of hydrogen-bond donors (Lipinski definition) is 2. The number of rotatable bonds is 3. The lowest BCUT2D eigenvalue weighted by molar-refractivity contribution is 0.408. The molecular formula is C15H23N3S. The molecule has 0 saturated carbocycles. The van der Waals surface area contributed by atoms with Crippen LogP contribution in [0.4, 0.5) is 0 Å². The third kappa shape index (κ3) is 4.48. The average molecular weight is 277 g/mol. The standard InChI is InChI=1S/C15H23N3S/c1-13(14-9-5-4-6-10-14)16-17-15(19)18-11-7-2-3-8-12-18/h4-6,9-10,13,16H,2-3,7-8,11-12H2,1H3,(H,17,19)/t13-/m1/s1. The molecule has 4 heteroatoms. The van der Waals surface area contributed by atoms with Crippen LogP contribution in [-0.4, -0.2) is 23.1 Å². The van der Waals surface area contributed by atoms with E-state index >= 15 is 0 Å². The molecule has 2 N–H and O–H groups in total. The van der Waals surface area contributed by atoms with Gasteiger partial charge in [-0.15, -0.1) is 0 Å². The zero-order valence-electron chi connectivity index (χ0n) is 11.6. The van der Waals surface area contributed by atoms with E-state index in [4.69, 9.17) is 12.2 Å². The molecule has 0 spiro atoms. The van der Waals surface area contributed by atoms with Crippen molar-refractivity contribution in [1.82, 2.24) is 15.8 Å². The zero-order valence-corrected chi connectivity index (χ0v) is 12.4. The number of likely N-dealkylation sites (tertiary alicyclic amines) is 1. The maximum atomic E-state index is 5.45. The molecule has 1 atom stereocenters. The van der Waals surface area contributed by atoms with Crippen LogP contribution in [0.25, 0.3) is 0 Å². The second-order valence-electron chi connectivity index (χ2n) is 5.11. The molecule has 2 rings (SSSR count). The molecule has 1 fully saturated rings. The van der Waals surface area contributed by atoms with Gasteiger partial charge in [-0.3, -0.25) is 5.43 Å². The second kappa shape index (κ2) is 7.46. The Morgan fingerprint density at radius 3 is 2.37 bits per heavy atom. The minimum Gasteiger partial charge on any atom is -0.348 e. The van der Waals surface area contributed by atoms with Gasteiger partial charge in [0.15, 0.2) is 5.11 Å². The van der Waals surface area contributed by atoms with Gasteiger partial charge in [0.1, 0.15) is 0 Å². The number of benzene rings is 1. The molecule has 0 aliphatic carbocycles. The van der Waals surface area contributed by atoms with Gasteiger partial charge < -0.3 is 4.90 Å². The van der Waals surface area contributed by atoms with Crippen LogP contribution in [0.5, 0.6) is 0 Å². The largest absolute Gasteiger partial charge is 0.348 e. The molecule has 0 aromatic heterocycles. The first-order chi connectivity index (χ1) is 9.27. The Kier molecular flexibility index (Phi) is 5.61. The van der Waals surface area contributed by atoms with Crippen molar-refractivity contribution in [3.8, 4) is 0 Å². The fourth-order valence-electron chi connectivity index (χ4n) is 2.35. The molecule has 0 unspecified atom stereocenters. The van der Waals surface area contributed by atoms with Crippen LogP contribution in [-0.2, 0) is 0 Å². The van der Waals surface area contributed by atoms with Gasteiger partial charge in [0.2, 0.25) is 0 Å². The van der Waals surface area contributed by atoms with E-state index < -0.39 is 0 Å². The summed E-state index contributed by atoms with van der Waals surface area (Å²) in [5.74, 6) is 0. The van der Waals surface area contributed by atoms with E-state index in [0.717, 1.165) is 18.2 Å². The fourth-order valence-corrected chi connectivity index (χ4v) is 2.59. The normalized spacial score (nSPS) is 17.6. The first-order valence-corrected chi connectivity index (χ1v) is 7.53. The average Bonchev–Trinajstić information content (AvgIpc) is 2.74. The molecule has 104 valence electrons. The number of nitrogens with one attached hydrogen (secondary N) is 2. The van der Waals surface area contributed by atoms with Crippen molar-refractivity contribution < 1.29 is 0 Å². The topological polar surface area (TPSA) is 27.3 Å². The quantitative estimate of drug-likeness (QED) is 0.656. The van der Waals surface area contributed by atoms with Crippen molar-refractivity contribution in [3.63, 3.8) is 0 Å². The van der Waals surface area contributed by atoms with Crippen LogP contribution in [0.2, 0.25) is 0 Å². The summed E-state index contributed by atoms with van der Waals surface area (Å²) >= 11 is 5.45. The molecular weight excluding hydrogens is 254 g/mol. The molecule has 1 aromatic rings. The summed E-state index contributed by atoms with van der Waals surface area (Å²) < 4.78 is 0. The van der Waals surface area contributed by atoms with E-state index in [-0.39, 0.29) is 6.04 Å².